The fourth-order valence-corrected chi connectivity index (χ4v) is 6.31. The average molecular weight is 446 g/mol. The van der Waals surface area contributed by atoms with Crippen molar-refractivity contribution in [3.8, 4) is 5.00 Å². The number of benzene rings is 1. The number of rotatable bonds is 3. The molecule has 2 heterocycles. The second kappa shape index (κ2) is 7.71. The smallest absolute Gasteiger partial charge is 0.341 e. The summed E-state index contributed by atoms with van der Waals surface area (Å²) in [5.41, 5.74) is 5.47. The number of thiophene rings is 1. The van der Waals surface area contributed by atoms with Gasteiger partial charge in [-0.25, -0.2) is 4.79 Å². The van der Waals surface area contributed by atoms with Gasteiger partial charge in [0, 0.05) is 27.4 Å². The van der Waals surface area contributed by atoms with Crippen LogP contribution in [0.4, 0.5) is 0 Å². The van der Waals surface area contributed by atoms with Gasteiger partial charge in [0.25, 0.3) is 0 Å². The maximum atomic E-state index is 12.8. The van der Waals surface area contributed by atoms with Gasteiger partial charge in [0.05, 0.1) is 18.2 Å². The van der Waals surface area contributed by atoms with E-state index in [0.717, 1.165) is 53.2 Å². The Kier molecular flexibility index (Phi) is 4.97. The number of nitrogens with zero attached hydrogens (tertiary/aromatic N) is 1. The van der Waals surface area contributed by atoms with Gasteiger partial charge in [0.2, 0.25) is 0 Å². The Labute approximate surface area is 190 Å². The van der Waals surface area contributed by atoms with Crippen molar-refractivity contribution in [1.82, 2.24) is 4.57 Å². The van der Waals surface area contributed by atoms with Crippen LogP contribution in [0.1, 0.15) is 71.3 Å². The Morgan fingerprint density at radius 1 is 1.06 bits per heavy atom. The van der Waals surface area contributed by atoms with Gasteiger partial charge < -0.3 is 9.30 Å². The Hall–Kier alpha value is -3.25. The zero-order valence-electron chi connectivity index (χ0n) is 18.3. The topological polar surface area (TPSA) is 65.4 Å². The number of carbonyl (C=O) groups excluding carboxylic acids is 3. The van der Waals surface area contributed by atoms with Crippen molar-refractivity contribution in [2.45, 2.75) is 39.5 Å². The highest BCUT2D eigenvalue weighted by atomic mass is 32.1. The molecule has 0 saturated heterocycles. The zero-order valence-corrected chi connectivity index (χ0v) is 19.1. The highest BCUT2D eigenvalue weighted by molar-refractivity contribution is 7.15. The highest BCUT2D eigenvalue weighted by Gasteiger charge is 2.33. The van der Waals surface area contributed by atoms with Crippen LogP contribution in [0.15, 0.2) is 35.9 Å². The Morgan fingerprint density at radius 2 is 1.72 bits per heavy atom. The molecule has 5 rings (SSSR count). The molecule has 2 aromatic heterocycles. The van der Waals surface area contributed by atoms with Crippen LogP contribution in [0.2, 0.25) is 0 Å². The normalized spacial score (nSPS) is 15.0. The number of aromatic nitrogens is 1. The first-order chi connectivity index (χ1) is 15.4. The summed E-state index contributed by atoms with van der Waals surface area (Å²) in [6, 6.07) is 8.89. The first-order valence-electron chi connectivity index (χ1n) is 10.7. The summed E-state index contributed by atoms with van der Waals surface area (Å²) in [4.78, 5) is 39.7. The largest absolute Gasteiger partial charge is 0.465 e. The molecule has 0 saturated carbocycles. The second-order valence-electron chi connectivity index (χ2n) is 8.31. The van der Waals surface area contributed by atoms with Crippen molar-refractivity contribution in [2.24, 2.45) is 0 Å². The predicted octanol–water partition coefficient (Wildman–Crippen LogP) is 5.28. The molecule has 0 N–H and O–H groups in total. The van der Waals surface area contributed by atoms with E-state index in [1.165, 1.54) is 12.0 Å². The summed E-state index contributed by atoms with van der Waals surface area (Å²) in [7, 11) is 1.42. The molecule has 6 heteroatoms. The molecule has 0 aliphatic heterocycles. The highest BCUT2D eigenvalue weighted by Crippen LogP contribution is 2.39. The number of methoxy groups -OCH3 is 1. The number of hydrogen-bond donors (Lipinski definition) is 0. The summed E-state index contributed by atoms with van der Waals surface area (Å²) in [5.74, 6) is -0.794. The maximum Gasteiger partial charge on any atom is 0.341 e. The molecule has 32 heavy (non-hydrogen) atoms. The number of fused-ring (bicyclic) bond motifs is 2. The third-order valence-corrected chi connectivity index (χ3v) is 7.70. The molecule has 0 fully saturated rings. The molecular formula is C26H23NO4S. The third-order valence-electron chi connectivity index (χ3n) is 6.42. The molecule has 0 amide bonds. The number of allylic oxidation sites excluding steroid dienone is 1. The predicted molar refractivity (Wildman–Crippen MR) is 124 cm³/mol. The summed E-state index contributed by atoms with van der Waals surface area (Å²) >= 11 is 1.64. The Bertz CT molecular complexity index is 1300. The Morgan fingerprint density at radius 3 is 2.38 bits per heavy atom. The van der Waals surface area contributed by atoms with Crippen LogP contribution in [0, 0.1) is 13.8 Å². The van der Waals surface area contributed by atoms with Crippen molar-refractivity contribution in [3.05, 3.63) is 80.0 Å². The lowest BCUT2D eigenvalue weighted by Crippen LogP contribution is -2.11. The molecule has 0 unspecified atom stereocenters. The minimum absolute atomic E-state index is 0.185. The third kappa shape index (κ3) is 3.01. The molecule has 3 aromatic rings. The lowest BCUT2D eigenvalue weighted by atomic mass is 9.95. The lowest BCUT2D eigenvalue weighted by molar-refractivity contribution is 0.0599. The molecule has 0 bridgehead atoms. The van der Waals surface area contributed by atoms with Gasteiger partial charge in [-0.15, -0.1) is 11.3 Å². The molecule has 0 spiro atoms. The van der Waals surface area contributed by atoms with Crippen molar-refractivity contribution in [1.29, 1.82) is 0 Å². The molecule has 2 aliphatic carbocycles. The fraction of sp³-hybridized carbons (Fsp3) is 0.269. The molecular weight excluding hydrogens is 422 g/mol. The van der Waals surface area contributed by atoms with Gasteiger partial charge in [-0.3, -0.25) is 9.59 Å². The van der Waals surface area contributed by atoms with Gasteiger partial charge in [0.1, 0.15) is 5.00 Å². The van der Waals surface area contributed by atoms with Crippen LogP contribution in [0.25, 0.3) is 11.1 Å². The van der Waals surface area contributed by atoms with Crippen molar-refractivity contribution < 1.29 is 19.1 Å². The fourth-order valence-electron chi connectivity index (χ4n) is 4.83. The van der Waals surface area contributed by atoms with Crippen LogP contribution in [-0.4, -0.2) is 29.2 Å². The second-order valence-corrected chi connectivity index (χ2v) is 9.39. The summed E-state index contributed by atoms with van der Waals surface area (Å²) in [6.45, 7) is 3.93. The molecule has 162 valence electrons. The average Bonchev–Trinajstić information content (AvgIpc) is 3.39. The molecule has 5 nitrogen and oxygen atoms in total. The van der Waals surface area contributed by atoms with Crippen molar-refractivity contribution >= 4 is 34.9 Å². The lowest BCUT2D eigenvalue weighted by Gasteiger charge is -2.12. The van der Waals surface area contributed by atoms with Crippen LogP contribution in [0.5, 0.6) is 0 Å². The van der Waals surface area contributed by atoms with E-state index in [2.05, 4.69) is 4.57 Å². The minimum atomic E-state index is -0.316. The van der Waals surface area contributed by atoms with E-state index < -0.39 is 0 Å². The van der Waals surface area contributed by atoms with Gasteiger partial charge in [0.15, 0.2) is 11.6 Å². The van der Waals surface area contributed by atoms with Crippen molar-refractivity contribution in [2.75, 3.05) is 7.11 Å². The number of ketones is 2. The number of hydrogen-bond acceptors (Lipinski definition) is 5. The van der Waals surface area contributed by atoms with Crippen LogP contribution < -0.4 is 0 Å². The summed E-state index contributed by atoms with van der Waals surface area (Å²) < 4.78 is 7.19. The number of aryl methyl sites for hydroxylation is 2. The van der Waals surface area contributed by atoms with Crippen LogP contribution in [-0.2, 0) is 17.6 Å². The van der Waals surface area contributed by atoms with E-state index in [9.17, 15) is 14.4 Å². The van der Waals surface area contributed by atoms with E-state index in [-0.39, 0.29) is 23.1 Å². The number of ether oxygens (including phenoxy) is 1. The first kappa shape index (κ1) is 20.6. The molecule has 2 aliphatic rings. The maximum absolute atomic E-state index is 12.8. The number of carbonyl (C=O) groups is 3. The van der Waals surface area contributed by atoms with Gasteiger partial charge in [-0.05, 0) is 62.8 Å². The van der Waals surface area contributed by atoms with E-state index in [4.69, 9.17) is 4.74 Å². The molecule has 0 radical (unpaired) electrons. The van der Waals surface area contributed by atoms with Crippen molar-refractivity contribution in [3.63, 3.8) is 0 Å². The molecule has 1 aromatic carbocycles. The minimum Gasteiger partial charge on any atom is -0.465 e. The summed E-state index contributed by atoms with van der Waals surface area (Å²) in [6.07, 6.45) is 5.74. The number of esters is 1. The van der Waals surface area contributed by atoms with Gasteiger partial charge in [-0.1, -0.05) is 24.3 Å². The quantitative estimate of drug-likeness (QED) is 0.312. The van der Waals surface area contributed by atoms with E-state index >= 15 is 0 Å². The first-order valence-corrected chi connectivity index (χ1v) is 11.6. The zero-order chi connectivity index (χ0) is 22.6. The Balaban J connectivity index is 1.64. The van der Waals surface area contributed by atoms with Gasteiger partial charge >= 0.3 is 5.97 Å². The monoisotopic (exact) mass is 445 g/mol. The SMILES string of the molecule is COC(=O)c1c(-n2c(C)cc(C=C3C(=O)c4ccccc4C3=O)c2C)sc2c1CCCC2. The van der Waals surface area contributed by atoms with Crippen LogP contribution >= 0.6 is 11.3 Å². The number of Topliss-reactive ketones (excluding diaryl/α,β-unsaturated/α-hetero) is 2. The van der Waals surface area contributed by atoms with E-state index in [1.54, 1.807) is 41.7 Å². The van der Waals surface area contributed by atoms with Gasteiger partial charge in [-0.2, -0.15) is 0 Å². The van der Waals surface area contributed by atoms with E-state index in [1.807, 2.05) is 19.9 Å². The van der Waals surface area contributed by atoms with Crippen LogP contribution in [0.3, 0.4) is 0 Å². The van der Waals surface area contributed by atoms with E-state index in [0.29, 0.717) is 16.7 Å². The molecule has 0 atom stereocenters. The standard InChI is InChI=1S/C26H23NO4S/c1-14-12-16(13-20-23(28)17-8-4-5-9-18(17)24(20)29)15(2)27(14)25-22(26(30)31-3)19-10-6-7-11-21(19)32-25/h4-5,8-9,12-13H,6-7,10-11H2,1-3H3. The summed E-state index contributed by atoms with van der Waals surface area (Å²) in [5, 5.41) is 0.857.